The fourth-order valence-electron chi connectivity index (χ4n) is 2.45. The van der Waals surface area contributed by atoms with Crippen molar-refractivity contribution in [1.29, 1.82) is 0 Å². The van der Waals surface area contributed by atoms with E-state index >= 15 is 0 Å². The summed E-state index contributed by atoms with van der Waals surface area (Å²) >= 11 is 5.86. The standard InChI is InChI=1S/C15H22ClNO2/c1-5-17(15(3,4)14(18)19)11(2)10-12-6-8-13(16)9-7-12/h6-9,11H,5,10H2,1-4H3,(H,18,19). The molecule has 1 rings (SSSR count). The molecule has 106 valence electrons. The minimum absolute atomic E-state index is 0.150. The first-order valence-corrected chi connectivity index (χ1v) is 6.91. The van der Waals surface area contributed by atoms with Crippen molar-refractivity contribution in [3.05, 3.63) is 34.9 Å². The van der Waals surface area contributed by atoms with Crippen molar-refractivity contribution in [3.63, 3.8) is 0 Å². The summed E-state index contributed by atoms with van der Waals surface area (Å²) in [4.78, 5) is 13.4. The number of likely N-dealkylation sites (N-methyl/N-ethyl adjacent to an activating group) is 1. The molecule has 0 aliphatic carbocycles. The first-order chi connectivity index (χ1) is 8.78. The van der Waals surface area contributed by atoms with Crippen LogP contribution in [0.3, 0.4) is 0 Å². The number of hydrogen-bond acceptors (Lipinski definition) is 2. The van der Waals surface area contributed by atoms with E-state index in [2.05, 4.69) is 6.92 Å². The summed E-state index contributed by atoms with van der Waals surface area (Å²) in [5.74, 6) is -0.794. The quantitative estimate of drug-likeness (QED) is 0.869. The monoisotopic (exact) mass is 283 g/mol. The molecule has 0 amide bonds. The van der Waals surface area contributed by atoms with E-state index in [9.17, 15) is 9.90 Å². The summed E-state index contributed by atoms with van der Waals surface area (Å²) < 4.78 is 0. The molecule has 0 fully saturated rings. The third-order valence-electron chi connectivity index (χ3n) is 3.56. The van der Waals surface area contributed by atoms with Crippen molar-refractivity contribution in [2.75, 3.05) is 6.54 Å². The molecule has 3 nitrogen and oxygen atoms in total. The van der Waals surface area contributed by atoms with Crippen LogP contribution in [0.25, 0.3) is 0 Å². The summed E-state index contributed by atoms with van der Waals surface area (Å²) in [5, 5.41) is 10.1. The number of carbonyl (C=O) groups is 1. The van der Waals surface area contributed by atoms with Gasteiger partial charge in [-0.05, 0) is 51.4 Å². The van der Waals surface area contributed by atoms with Crippen molar-refractivity contribution in [1.82, 2.24) is 4.90 Å². The smallest absolute Gasteiger partial charge is 0.323 e. The molecule has 1 N–H and O–H groups in total. The van der Waals surface area contributed by atoms with E-state index in [1.807, 2.05) is 36.1 Å². The summed E-state index contributed by atoms with van der Waals surface area (Å²) in [6.45, 7) is 8.24. The van der Waals surface area contributed by atoms with Crippen molar-refractivity contribution in [3.8, 4) is 0 Å². The van der Waals surface area contributed by atoms with Crippen LogP contribution in [0.5, 0.6) is 0 Å². The highest BCUT2D eigenvalue weighted by Gasteiger charge is 2.36. The number of halogens is 1. The van der Waals surface area contributed by atoms with Crippen LogP contribution in [0, 0.1) is 0 Å². The van der Waals surface area contributed by atoms with Gasteiger partial charge >= 0.3 is 5.97 Å². The van der Waals surface area contributed by atoms with Gasteiger partial charge in [0.05, 0.1) is 0 Å². The molecular formula is C15H22ClNO2. The van der Waals surface area contributed by atoms with Gasteiger partial charge < -0.3 is 5.11 Å². The van der Waals surface area contributed by atoms with Crippen LogP contribution >= 0.6 is 11.6 Å². The van der Waals surface area contributed by atoms with Crippen LogP contribution in [-0.4, -0.2) is 34.1 Å². The average Bonchev–Trinajstić information content (AvgIpc) is 2.32. The van der Waals surface area contributed by atoms with Gasteiger partial charge in [0.25, 0.3) is 0 Å². The van der Waals surface area contributed by atoms with Gasteiger partial charge in [-0.15, -0.1) is 0 Å². The average molecular weight is 284 g/mol. The number of carboxylic acid groups (broad SMARTS) is 1. The zero-order chi connectivity index (χ0) is 14.6. The molecule has 0 aliphatic heterocycles. The van der Waals surface area contributed by atoms with Gasteiger partial charge in [0.1, 0.15) is 5.54 Å². The maximum atomic E-state index is 11.4. The molecule has 19 heavy (non-hydrogen) atoms. The van der Waals surface area contributed by atoms with Gasteiger partial charge in [0.15, 0.2) is 0 Å². The maximum Gasteiger partial charge on any atom is 0.323 e. The lowest BCUT2D eigenvalue weighted by molar-refractivity contribution is -0.150. The molecule has 0 spiro atoms. The topological polar surface area (TPSA) is 40.5 Å². The Morgan fingerprint density at radius 3 is 2.32 bits per heavy atom. The molecule has 0 heterocycles. The second-order valence-corrected chi connectivity index (χ2v) is 5.77. The van der Waals surface area contributed by atoms with E-state index in [1.54, 1.807) is 13.8 Å². The lowest BCUT2D eigenvalue weighted by Gasteiger charge is -2.39. The van der Waals surface area contributed by atoms with E-state index < -0.39 is 11.5 Å². The number of benzene rings is 1. The second-order valence-electron chi connectivity index (χ2n) is 5.33. The highest BCUT2D eigenvalue weighted by Crippen LogP contribution is 2.21. The zero-order valence-electron chi connectivity index (χ0n) is 12.0. The molecule has 4 heteroatoms. The molecular weight excluding hydrogens is 262 g/mol. The van der Waals surface area contributed by atoms with Gasteiger partial charge in [-0.25, -0.2) is 0 Å². The van der Waals surface area contributed by atoms with Crippen LogP contribution in [0.1, 0.15) is 33.3 Å². The minimum Gasteiger partial charge on any atom is -0.480 e. The Hall–Kier alpha value is -1.06. The van der Waals surface area contributed by atoms with E-state index in [0.29, 0.717) is 6.54 Å². The van der Waals surface area contributed by atoms with Gasteiger partial charge in [-0.1, -0.05) is 30.7 Å². The fraction of sp³-hybridized carbons (Fsp3) is 0.533. The van der Waals surface area contributed by atoms with Crippen LogP contribution in [0.15, 0.2) is 24.3 Å². The Labute approximate surface area is 120 Å². The van der Waals surface area contributed by atoms with E-state index in [1.165, 1.54) is 0 Å². The zero-order valence-corrected chi connectivity index (χ0v) is 12.7. The Balaban J connectivity index is 2.82. The lowest BCUT2D eigenvalue weighted by atomic mass is 9.97. The highest BCUT2D eigenvalue weighted by atomic mass is 35.5. The van der Waals surface area contributed by atoms with E-state index in [-0.39, 0.29) is 6.04 Å². The SMILES string of the molecule is CCN(C(C)Cc1ccc(Cl)cc1)C(C)(C)C(=O)O. The van der Waals surface area contributed by atoms with Gasteiger partial charge in [0, 0.05) is 11.1 Å². The fourth-order valence-corrected chi connectivity index (χ4v) is 2.58. The highest BCUT2D eigenvalue weighted by molar-refractivity contribution is 6.30. The molecule has 1 aromatic rings. The molecule has 0 saturated carbocycles. The Morgan fingerprint density at radius 1 is 1.37 bits per heavy atom. The first-order valence-electron chi connectivity index (χ1n) is 6.53. The summed E-state index contributed by atoms with van der Waals surface area (Å²) in [6, 6.07) is 7.85. The van der Waals surface area contributed by atoms with Gasteiger partial charge in [-0.3, -0.25) is 9.69 Å². The molecule has 0 bridgehead atoms. The molecule has 0 aromatic heterocycles. The maximum absolute atomic E-state index is 11.4. The van der Waals surface area contributed by atoms with Crippen molar-refractivity contribution in [2.24, 2.45) is 0 Å². The summed E-state index contributed by atoms with van der Waals surface area (Å²) in [7, 11) is 0. The summed E-state index contributed by atoms with van der Waals surface area (Å²) in [6.07, 6.45) is 0.807. The molecule has 0 radical (unpaired) electrons. The van der Waals surface area contributed by atoms with Gasteiger partial charge in [0.2, 0.25) is 0 Å². The first kappa shape index (κ1) is 16.0. The van der Waals surface area contributed by atoms with Crippen molar-refractivity contribution in [2.45, 2.75) is 45.7 Å². The van der Waals surface area contributed by atoms with Crippen LogP contribution in [0.4, 0.5) is 0 Å². The third kappa shape index (κ3) is 3.95. The number of nitrogens with zero attached hydrogens (tertiary/aromatic N) is 1. The second kappa shape index (κ2) is 6.40. The van der Waals surface area contributed by atoms with E-state index in [0.717, 1.165) is 17.0 Å². The predicted octanol–water partition coefficient (Wildman–Crippen LogP) is 3.46. The Morgan fingerprint density at radius 2 is 1.89 bits per heavy atom. The molecule has 0 saturated heterocycles. The van der Waals surface area contributed by atoms with E-state index in [4.69, 9.17) is 11.6 Å². The largest absolute Gasteiger partial charge is 0.480 e. The van der Waals surface area contributed by atoms with Crippen LogP contribution in [0.2, 0.25) is 5.02 Å². The van der Waals surface area contributed by atoms with Crippen LogP contribution < -0.4 is 0 Å². The number of rotatable bonds is 6. The summed E-state index contributed by atoms with van der Waals surface area (Å²) in [5.41, 5.74) is 0.303. The van der Waals surface area contributed by atoms with Gasteiger partial charge in [-0.2, -0.15) is 0 Å². The van der Waals surface area contributed by atoms with Crippen LogP contribution in [-0.2, 0) is 11.2 Å². The number of carboxylic acids is 1. The molecule has 1 atom stereocenters. The predicted molar refractivity (Wildman–Crippen MR) is 78.7 cm³/mol. The number of aliphatic carboxylic acids is 1. The van der Waals surface area contributed by atoms with Crippen molar-refractivity contribution < 1.29 is 9.90 Å². The molecule has 1 unspecified atom stereocenters. The normalized spacial score (nSPS) is 13.6. The molecule has 1 aromatic carbocycles. The number of hydrogen-bond donors (Lipinski definition) is 1. The minimum atomic E-state index is -0.861. The lowest BCUT2D eigenvalue weighted by Crippen LogP contribution is -2.54. The third-order valence-corrected chi connectivity index (χ3v) is 3.81. The van der Waals surface area contributed by atoms with Crippen molar-refractivity contribution >= 4 is 17.6 Å². The Bertz CT molecular complexity index is 428. The molecule has 0 aliphatic rings. The Kier molecular flexibility index (Phi) is 5.39.